The van der Waals surface area contributed by atoms with Crippen LogP contribution in [0.4, 0.5) is 10.8 Å². The van der Waals surface area contributed by atoms with E-state index in [1.54, 1.807) is 43.8 Å². The Kier molecular flexibility index (Phi) is 5.72. The lowest BCUT2D eigenvalue weighted by Crippen LogP contribution is -2.48. The molecule has 1 aliphatic rings. The summed E-state index contributed by atoms with van der Waals surface area (Å²) in [5, 5.41) is 5.95. The van der Waals surface area contributed by atoms with Crippen molar-refractivity contribution in [1.29, 1.82) is 0 Å². The summed E-state index contributed by atoms with van der Waals surface area (Å²) in [4.78, 5) is 21.0. The number of nitrogens with zero attached hydrogens (tertiary/aromatic N) is 3. The van der Waals surface area contributed by atoms with Crippen LogP contribution in [0.2, 0.25) is 0 Å². The number of carbonyl (C=O) groups is 1. The van der Waals surface area contributed by atoms with Crippen LogP contribution in [0, 0.1) is 0 Å². The zero-order valence-electron chi connectivity index (χ0n) is 14.4. The second-order valence-electron chi connectivity index (χ2n) is 5.70. The number of benzene rings is 1. The molecule has 134 valence electrons. The van der Waals surface area contributed by atoms with E-state index in [1.807, 2.05) is 11.6 Å². The maximum atomic E-state index is 12.3. The maximum Gasteiger partial charge on any atom is 0.238 e. The molecule has 0 spiro atoms. The summed E-state index contributed by atoms with van der Waals surface area (Å²) in [6.45, 7) is 3.84. The second-order valence-corrected chi connectivity index (χ2v) is 6.57. The van der Waals surface area contributed by atoms with E-state index in [4.69, 9.17) is 9.47 Å². The molecular formula is C17H22N4O3S. The van der Waals surface area contributed by atoms with Gasteiger partial charge in [-0.15, -0.1) is 11.3 Å². The molecule has 1 aromatic carbocycles. The molecule has 0 atom stereocenters. The normalized spacial score (nSPS) is 15.0. The van der Waals surface area contributed by atoms with Gasteiger partial charge in [-0.05, 0) is 12.1 Å². The molecule has 1 amide bonds. The SMILES string of the molecule is COc1ccc(NC(=O)CN2CCN(c3nccs3)CC2)cc1OC. The van der Waals surface area contributed by atoms with Gasteiger partial charge in [0, 0.05) is 49.5 Å². The Morgan fingerprint density at radius 1 is 1.20 bits per heavy atom. The Bertz CT molecular complexity index is 700. The Morgan fingerprint density at radius 3 is 2.60 bits per heavy atom. The number of amides is 1. The number of nitrogens with one attached hydrogen (secondary N) is 1. The van der Waals surface area contributed by atoms with Crippen molar-refractivity contribution in [3.8, 4) is 11.5 Å². The van der Waals surface area contributed by atoms with Crippen molar-refractivity contribution in [2.45, 2.75) is 0 Å². The highest BCUT2D eigenvalue weighted by atomic mass is 32.1. The molecule has 0 radical (unpaired) electrons. The van der Waals surface area contributed by atoms with Gasteiger partial charge in [0.25, 0.3) is 0 Å². The molecule has 0 unspecified atom stereocenters. The van der Waals surface area contributed by atoms with Crippen molar-refractivity contribution >= 4 is 28.1 Å². The summed E-state index contributed by atoms with van der Waals surface area (Å²) >= 11 is 1.65. The quantitative estimate of drug-likeness (QED) is 0.847. The van der Waals surface area contributed by atoms with E-state index in [0.717, 1.165) is 31.3 Å². The van der Waals surface area contributed by atoms with Crippen molar-refractivity contribution in [2.75, 3.05) is 57.2 Å². The van der Waals surface area contributed by atoms with Gasteiger partial charge in [-0.2, -0.15) is 0 Å². The fourth-order valence-electron chi connectivity index (χ4n) is 2.79. The van der Waals surface area contributed by atoms with E-state index >= 15 is 0 Å². The summed E-state index contributed by atoms with van der Waals surface area (Å²) in [5.41, 5.74) is 0.698. The highest BCUT2D eigenvalue weighted by Gasteiger charge is 2.20. The number of carbonyl (C=O) groups excluding carboxylic acids is 1. The molecule has 2 heterocycles. The fourth-order valence-corrected chi connectivity index (χ4v) is 3.48. The third-order valence-corrected chi connectivity index (χ3v) is 4.93. The average Bonchev–Trinajstić information content (AvgIpc) is 3.17. The van der Waals surface area contributed by atoms with E-state index in [-0.39, 0.29) is 5.91 Å². The first kappa shape index (κ1) is 17.5. The first-order valence-corrected chi connectivity index (χ1v) is 8.96. The minimum atomic E-state index is -0.0325. The molecule has 1 aromatic heterocycles. The number of ether oxygens (including phenoxy) is 2. The highest BCUT2D eigenvalue weighted by Crippen LogP contribution is 2.29. The predicted molar refractivity (Wildman–Crippen MR) is 98.9 cm³/mol. The van der Waals surface area contributed by atoms with Crippen LogP contribution in [0.25, 0.3) is 0 Å². The number of rotatable bonds is 6. The van der Waals surface area contributed by atoms with Crippen molar-refractivity contribution < 1.29 is 14.3 Å². The molecule has 7 nitrogen and oxygen atoms in total. The van der Waals surface area contributed by atoms with Crippen LogP contribution >= 0.6 is 11.3 Å². The largest absolute Gasteiger partial charge is 0.493 e. The standard InChI is InChI=1S/C17H22N4O3S/c1-23-14-4-3-13(11-15(14)24-2)19-16(22)12-20-6-8-21(9-7-20)17-18-5-10-25-17/h3-5,10-11H,6-9,12H2,1-2H3,(H,19,22). The van der Waals surface area contributed by atoms with Gasteiger partial charge in [-0.25, -0.2) is 4.98 Å². The van der Waals surface area contributed by atoms with Crippen LogP contribution in [-0.4, -0.2) is 62.7 Å². The second kappa shape index (κ2) is 8.17. The van der Waals surface area contributed by atoms with Gasteiger partial charge >= 0.3 is 0 Å². The highest BCUT2D eigenvalue weighted by molar-refractivity contribution is 7.13. The summed E-state index contributed by atoms with van der Waals surface area (Å²) < 4.78 is 10.5. The lowest BCUT2D eigenvalue weighted by atomic mass is 10.2. The van der Waals surface area contributed by atoms with Crippen molar-refractivity contribution in [1.82, 2.24) is 9.88 Å². The summed E-state index contributed by atoms with van der Waals surface area (Å²) in [5.74, 6) is 1.20. The maximum absolute atomic E-state index is 12.3. The monoisotopic (exact) mass is 362 g/mol. The topological polar surface area (TPSA) is 66.9 Å². The molecule has 0 saturated carbocycles. The number of methoxy groups -OCH3 is 2. The molecule has 8 heteroatoms. The van der Waals surface area contributed by atoms with E-state index < -0.39 is 0 Å². The minimum Gasteiger partial charge on any atom is -0.493 e. The number of thiazole rings is 1. The van der Waals surface area contributed by atoms with E-state index in [9.17, 15) is 4.79 Å². The lowest BCUT2D eigenvalue weighted by molar-refractivity contribution is -0.117. The molecule has 1 fully saturated rings. The van der Waals surface area contributed by atoms with Gasteiger partial charge in [0.1, 0.15) is 0 Å². The van der Waals surface area contributed by atoms with Crippen LogP contribution in [0.15, 0.2) is 29.8 Å². The van der Waals surface area contributed by atoms with Crippen LogP contribution in [0.3, 0.4) is 0 Å². The molecule has 0 bridgehead atoms. The Morgan fingerprint density at radius 2 is 1.96 bits per heavy atom. The van der Waals surface area contributed by atoms with Gasteiger partial charge < -0.3 is 19.7 Å². The first-order chi connectivity index (χ1) is 12.2. The third-order valence-electron chi connectivity index (χ3n) is 4.10. The molecule has 3 rings (SSSR count). The smallest absolute Gasteiger partial charge is 0.238 e. The van der Waals surface area contributed by atoms with E-state index in [2.05, 4.69) is 20.1 Å². The van der Waals surface area contributed by atoms with Gasteiger partial charge in [0.15, 0.2) is 16.6 Å². The van der Waals surface area contributed by atoms with Gasteiger partial charge in [-0.3, -0.25) is 9.69 Å². The van der Waals surface area contributed by atoms with Crippen molar-refractivity contribution in [3.63, 3.8) is 0 Å². The van der Waals surface area contributed by atoms with Gasteiger partial charge in [0.2, 0.25) is 5.91 Å². The molecule has 1 aliphatic heterocycles. The van der Waals surface area contributed by atoms with Crippen LogP contribution in [0.1, 0.15) is 0 Å². The molecule has 1 saturated heterocycles. The van der Waals surface area contributed by atoms with Crippen LogP contribution < -0.4 is 19.7 Å². The van der Waals surface area contributed by atoms with E-state index in [0.29, 0.717) is 23.7 Å². The molecule has 1 N–H and O–H groups in total. The summed E-state index contributed by atoms with van der Waals surface area (Å²) in [6.07, 6.45) is 1.82. The number of aromatic nitrogens is 1. The third kappa shape index (κ3) is 4.40. The Hall–Kier alpha value is -2.32. The number of piperazine rings is 1. The molecule has 25 heavy (non-hydrogen) atoms. The fraction of sp³-hybridized carbons (Fsp3) is 0.412. The zero-order valence-corrected chi connectivity index (χ0v) is 15.2. The van der Waals surface area contributed by atoms with Gasteiger partial charge in [-0.1, -0.05) is 0 Å². The molecule has 2 aromatic rings. The summed E-state index contributed by atoms with van der Waals surface area (Å²) in [7, 11) is 3.16. The number of anilines is 2. The first-order valence-electron chi connectivity index (χ1n) is 8.08. The lowest BCUT2D eigenvalue weighted by Gasteiger charge is -2.34. The Labute approximate surface area is 151 Å². The van der Waals surface area contributed by atoms with Crippen LogP contribution in [0.5, 0.6) is 11.5 Å². The van der Waals surface area contributed by atoms with Crippen molar-refractivity contribution in [2.24, 2.45) is 0 Å². The van der Waals surface area contributed by atoms with Crippen molar-refractivity contribution in [3.05, 3.63) is 29.8 Å². The molecular weight excluding hydrogens is 340 g/mol. The average molecular weight is 362 g/mol. The predicted octanol–water partition coefficient (Wildman–Crippen LogP) is 1.92. The van der Waals surface area contributed by atoms with Gasteiger partial charge in [0.05, 0.1) is 20.8 Å². The van der Waals surface area contributed by atoms with Crippen LogP contribution in [-0.2, 0) is 4.79 Å². The summed E-state index contributed by atoms with van der Waals surface area (Å²) in [6, 6.07) is 5.35. The number of hydrogen-bond donors (Lipinski definition) is 1. The zero-order chi connectivity index (χ0) is 17.6. The van der Waals surface area contributed by atoms with E-state index in [1.165, 1.54) is 0 Å². The molecule has 0 aliphatic carbocycles. The number of hydrogen-bond acceptors (Lipinski definition) is 7. The Balaban J connectivity index is 1.50. The minimum absolute atomic E-state index is 0.0325.